The Balaban J connectivity index is 2.24. The zero-order chi connectivity index (χ0) is 15.4. The van der Waals surface area contributed by atoms with Gasteiger partial charge in [-0.25, -0.2) is 8.78 Å². The third-order valence-electron chi connectivity index (χ3n) is 3.61. The maximum atomic E-state index is 13.6. The van der Waals surface area contributed by atoms with Crippen LogP contribution >= 0.6 is 11.3 Å². The van der Waals surface area contributed by atoms with Crippen LogP contribution in [-0.4, -0.2) is 15.6 Å². The Morgan fingerprint density at radius 1 is 1.33 bits per heavy atom. The number of halogens is 5. The summed E-state index contributed by atoms with van der Waals surface area (Å²) in [7, 11) is 0. The number of nitrogens with zero attached hydrogens (tertiary/aromatic N) is 1. The van der Waals surface area contributed by atoms with Gasteiger partial charge in [0.25, 0.3) is 5.92 Å². The highest BCUT2D eigenvalue weighted by molar-refractivity contribution is 7.08. The van der Waals surface area contributed by atoms with Gasteiger partial charge in [0, 0.05) is 29.3 Å². The predicted molar refractivity (Wildman–Crippen MR) is 66.9 cm³/mol. The molecule has 2 aromatic heterocycles. The molecular weight excluding hydrogens is 313 g/mol. The number of rotatable bonds is 1. The third kappa shape index (κ3) is 2.26. The van der Waals surface area contributed by atoms with Crippen LogP contribution in [0.2, 0.25) is 0 Å². The van der Waals surface area contributed by atoms with Crippen molar-refractivity contribution in [2.45, 2.75) is 31.0 Å². The molecule has 0 saturated carbocycles. The van der Waals surface area contributed by atoms with Crippen LogP contribution in [-0.2, 0) is 12.6 Å². The molecule has 1 atom stereocenters. The highest BCUT2D eigenvalue weighted by atomic mass is 32.1. The number of alkyl halides is 5. The molecule has 0 aliphatic heterocycles. The van der Waals surface area contributed by atoms with Crippen LogP contribution in [0.25, 0.3) is 5.69 Å². The number of hydrogen-bond donors (Lipinski definition) is 1. The molecule has 3 rings (SSSR count). The smallest absolute Gasteiger partial charge is 0.382 e. The molecule has 1 aliphatic rings. The monoisotopic (exact) mass is 323 g/mol. The van der Waals surface area contributed by atoms with Crippen molar-refractivity contribution in [3.05, 3.63) is 39.8 Å². The summed E-state index contributed by atoms with van der Waals surface area (Å²) in [5, 5.41) is 13.0. The first kappa shape index (κ1) is 14.5. The molecule has 0 radical (unpaired) electrons. The van der Waals surface area contributed by atoms with Crippen molar-refractivity contribution in [1.29, 1.82) is 0 Å². The standard InChI is InChI=1S/C13H10F5NOS/c14-12(15)3-1-9-10(11(12)20)8(13(16,17)18)5-19(9)7-2-4-21-6-7/h2,4-6,11,20H,1,3H2. The molecule has 1 aliphatic carbocycles. The highest BCUT2D eigenvalue weighted by Gasteiger charge is 2.50. The average Bonchev–Trinajstić information content (AvgIpc) is 2.99. The Labute approximate surface area is 120 Å². The van der Waals surface area contributed by atoms with Crippen molar-refractivity contribution >= 4 is 11.3 Å². The molecule has 2 aromatic rings. The van der Waals surface area contributed by atoms with E-state index in [1.165, 1.54) is 15.9 Å². The summed E-state index contributed by atoms with van der Waals surface area (Å²) in [4.78, 5) is 0. The van der Waals surface area contributed by atoms with Crippen molar-refractivity contribution in [3.8, 4) is 5.69 Å². The third-order valence-corrected chi connectivity index (χ3v) is 4.28. The van der Waals surface area contributed by atoms with E-state index < -0.39 is 35.8 Å². The number of thiophene rings is 1. The second-order valence-corrected chi connectivity index (χ2v) is 5.70. The zero-order valence-electron chi connectivity index (χ0n) is 10.5. The summed E-state index contributed by atoms with van der Waals surface area (Å²) in [5.41, 5.74) is -1.33. The minimum atomic E-state index is -4.79. The fourth-order valence-electron chi connectivity index (χ4n) is 2.61. The molecule has 2 nitrogen and oxygen atoms in total. The van der Waals surface area contributed by atoms with Crippen LogP contribution in [0.1, 0.15) is 29.3 Å². The van der Waals surface area contributed by atoms with E-state index in [2.05, 4.69) is 0 Å². The van der Waals surface area contributed by atoms with Gasteiger partial charge < -0.3 is 9.67 Å². The predicted octanol–water partition coefficient (Wildman–Crippen LogP) is 4.17. The Bertz CT molecular complexity index is 659. The normalized spacial score (nSPS) is 21.3. The van der Waals surface area contributed by atoms with Gasteiger partial charge in [-0.15, -0.1) is 0 Å². The molecule has 0 aromatic carbocycles. The number of aliphatic hydroxyl groups excluding tert-OH is 1. The van der Waals surface area contributed by atoms with Crippen LogP contribution in [0.15, 0.2) is 23.0 Å². The molecule has 1 unspecified atom stereocenters. The molecule has 0 amide bonds. The van der Waals surface area contributed by atoms with Crippen molar-refractivity contribution in [2.24, 2.45) is 0 Å². The van der Waals surface area contributed by atoms with E-state index in [1.54, 1.807) is 16.8 Å². The van der Waals surface area contributed by atoms with Crippen LogP contribution in [0.4, 0.5) is 22.0 Å². The minimum Gasteiger partial charge on any atom is -0.382 e. The van der Waals surface area contributed by atoms with E-state index in [0.717, 1.165) is 6.20 Å². The molecule has 1 N–H and O–H groups in total. The van der Waals surface area contributed by atoms with Gasteiger partial charge in [-0.1, -0.05) is 0 Å². The van der Waals surface area contributed by atoms with Crippen molar-refractivity contribution in [2.75, 3.05) is 0 Å². The minimum absolute atomic E-state index is 0.0964. The molecule has 0 spiro atoms. The molecule has 0 saturated heterocycles. The Hall–Kier alpha value is -1.41. The first-order chi connectivity index (χ1) is 9.72. The Morgan fingerprint density at radius 2 is 2.05 bits per heavy atom. The van der Waals surface area contributed by atoms with Crippen molar-refractivity contribution in [3.63, 3.8) is 0 Å². The Morgan fingerprint density at radius 3 is 2.62 bits per heavy atom. The number of fused-ring (bicyclic) bond motifs is 1. The highest BCUT2D eigenvalue weighted by Crippen LogP contribution is 2.48. The van der Waals surface area contributed by atoms with E-state index in [4.69, 9.17) is 0 Å². The largest absolute Gasteiger partial charge is 0.418 e. The quantitative estimate of drug-likeness (QED) is 0.783. The lowest BCUT2D eigenvalue weighted by Gasteiger charge is -2.29. The molecule has 2 heterocycles. The molecule has 0 fully saturated rings. The topological polar surface area (TPSA) is 25.2 Å². The van der Waals surface area contributed by atoms with Gasteiger partial charge in [0.1, 0.15) is 6.10 Å². The maximum absolute atomic E-state index is 13.6. The van der Waals surface area contributed by atoms with E-state index in [9.17, 15) is 27.1 Å². The number of aliphatic hydroxyl groups is 1. The van der Waals surface area contributed by atoms with Crippen LogP contribution in [0.5, 0.6) is 0 Å². The molecule has 8 heteroatoms. The van der Waals surface area contributed by atoms with Gasteiger partial charge in [0.05, 0.1) is 11.3 Å². The van der Waals surface area contributed by atoms with Crippen molar-refractivity contribution < 1.29 is 27.1 Å². The van der Waals surface area contributed by atoms with Crippen LogP contribution in [0, 0.1) is 0 Å². The molecule has 114 valence electrons. The summed E-state index contributed by atoms with van der Waals surface area (Å²) < 4.78 is 67.7. The van der Waals surface area contributed by atoms with Gasteiger partial charge in [-0.3, -0.25) is 0 Å². The molecule has 21 heavy (non-hydrogen) atoms. The van der Waals surface area contributed by atoms with Gasteiger partial charge >= 0.3 is 6.18 Å². The van der Waals surface area contributed by atoms with Crippen LogP contribution < -0.4 is 0 Å². The second kappa shape index (κ2) is 4.54. The maximum Gasteiger partial charge on any atom is 0.418 e. The van der Waals surface area contributed by atoms with Gasteiger partial charge in [-0.05, 0) is 17.9 Å². The fourth-order valence-corrected chi connectivity index (χ4v) is 3.23. The fraction of sp³-hybridized carbons (Fsp3) is 0.385. The number of aromatic nitrogens is 1. The summed E-state index contributed by atoms with van der Waals surface area (Å²) >= 11 is 1.29. The SMILES string of the molecule is OC1c2c(C(F)(F)F)cn(-c3ccsc3)c2CCC1(F)F. The first-order valence-corrected chi connectivity index (χ1v) is 7.06. The lowest BCUT2D eigenvalue weighted by Crippen LogP contribution is -2.33. The van der Waals surface area contributed by atoms with Gasteiger partial charge in [0.15, 0.2) is 0 Å². The summed E-state index contributed by atoms with van der Waals surface area (Å²) in [6, 6.07) is 1.60. The Kier molecular flexibility index (Phi) is 3.14. The summed E-state index contributed by atoms with van der Waals surface area (Å²) in [6.07, 6.45) is -7.33. The van der Waals surface area contributed by atoms with E-state index in [-0.39, 0.29) is 12.1 Å². The van der Waals surface area contributed by atoms with Crippen LogP contribution in [0.3, 0.4) is 0 Å². The lowest BCUT2D eigenvalue weighted by molar-refractivity contribution is -0.147. The summed E-state index contributed by atoms with van der Waals surface area (Å²) in [5.74, 6) is -3.55. The van der Waals surface area contributed by atoms with Gasteiger partial charge in [-0.2, -0.15) is 24.5 Å². The van der Waals surface area contributed by atoms with Crippen molar-refractivity contribution in [1.82, 2.24) is 4.57 Å². The zero-order valence-corrected chi connectivity index (χ0v) is 11.3. The first-order valence-electron chi connectivity index (χ1n) is 6.11. The molecular formula is C13H10F5NOS. The van der Waals surface area contributed by atoms with E-state index in [0.29, 0.717) is 5.69 Å². The lowest BCUT2D eigenvalue weighted by atomic mass is 9.89. The van der Waals surface area contributed by atoms with Gasteiger partial charge in [0.2, 0.25) is 0 Å². The average molecular weight is 323 g/mol. The molecule has 0 bridgehead atoms. The second-order valence-electron chi connectivity index (χ2n) is 4.92. The van der Waals surface area contributed by atoms with E-state index >= 15 is 0 Å². The number of hydrogen-bond acceptors (Lipinski definition) is 2. The van der Waals surface area contributed by atoms with E-state index in [1.807, 2.05) is 0 Å². The summed E-state index contributed by atoms with van der Waals surface area (Å²) in [6.45, 7) is 0.